The third-order valence-electron chi connectivity index (χ3n) is 2.71. The molecule has 0 aromatic heterocycles. The molecule has 0 aromatic rings. The quantitative estimate of drug-likeness (QED) is 0.471. The molecule has 0 N–H and O–H groups in total. The SMILES string of the molecule is C=CCC1(CO[SiH](C)C)CCC1. The van der Waals surface area contributed by atoms with E-state index >= 15 is 0 Å². The highest BCUT2D eigenvalue weighted by atomic mass is 28.3. The maximum Gasteiger partial charge on any atom is 0.170 e. The standard InChI is InChI=1S/C10H20OSi/c1-4-6-10(7-5-8-10)9-11-12(2)3/h4,12H,1,5-9H2,2-3H3. The lowest BCUT2D eigenvalue weighted by Gasteiger charge is -2.41. The average molecular weight is 184 g/mol. The van der Waals surface area contributed by atoms with Crippen LogP contribution in [-0.4, -0.2) is 15.6 Å². The Morgan fingerprint density at radius 2 is 2.17 bits per heavy atom. The molecule has 0 atom stereocenters. The van der Waals surface area contributed by atoms with E-state index in [0.29, 0.717) is 5.41 Å². The molecule has 1 fully saturated rings. The Hall–Kier alpha value is -0.0831. The van der Waals surface area contributed by atoms with Gasteiger partial charge in [0.1, 0.15) is 0 Å². The van der Waals surface area contributed by atoms with Crippen molar-refractivity contribution in [3.63, 3.8) is 0 Å². The number of hydrogen-bond donors (Lipinski definition) is 0. The van der Waals surface area contributed by atoms with Crippen molar-refractivity contribution in [2.75, 3.05) is 6.61 Å². The van der Waals surface area contributed by atoms with Crippen molar-refractivity contribution in [3.05, 3.63) is 12.7 Å². The summed E-state index contributed by atoms with van der Waals surface area (Å²) in [6.45, 7) is 9.27. The van der Waals surface area contributed by atoms with Crippen LogP contribution in [0.1, 0.15) is 25.7 Å². The first kappa shape index (κ1) is 10.0. The molecule has 0 spiro atoms. The van der Waals surface area contributed by atoms with Gasteiger partial charge in [-0.15, -0.1) is 6.58 Å². The summed E-state index contributed by atoms with van der Waals surface area (Å²) >= 11 is 0. The van der Waals surface area contributed by atoms with E-state index in [1.54, 1.807) is 0 Å². The first-order valence-corrected chi connectivity index (χ1v) is 7.69. The van der Waals surface area contributed by atoms with Crippen LogP contribution in [0.5, 0.6) is 0 Å². The van der Waals surface area contributed by atoms with E-state index in [9.17, 15) is 0 Å². The van der Waals surface area contributed by atoms with Gasteiger partial charge in [0.05, 0.1) is 0 Å². The van der Waals surface area contributed by atoms with Crippen LogP contribution in [0.25, 0.3) is 0 Å². The third kappa shape index (κ3) is 2.46. The fourth-order valence-electron chi connectivity index (χ4n) is 1.73. The maximum absolute atomic E-state index is 5.79. The molecule has 1 aliphatic rings. The molecule has 70 valence electrons. The zero-order chi connectivity index (χ0) is 9.03. The van der Waals surface area contributed by atoms with E-state index in [4.69, 9.17) is 4.43 Å². The molecule has 0 unspecified atom stereocenters. The molecule has 1 saturated carbocycles. The minimum atomic E-state index is -0.810. The maximum atomic E-state index is 5.79. The van der Waals surface area contributed by atoms with E-state index in [1.165, 1.54) is 19.3 Å². The summed E-state index contributed by atoms with van der Waals surface area (Å²) in [5, 5.41) is 0. The lowest BCUT2D eigenvalue weighted by atomic mass is 9.67. The van der Waals surface area contributed by atoms with E-state index in [-0.39, 0.29) is 0 Å². The molecule has 0 saturated heterocycles. The molecular formula is C10H20OSi. The van der Waals surface area contributed by atoms with Crippen molar-refractivity contribution in [1.82, 2.24) is 0 Å². The highest BCUT2D eigenvalue weighted by molar-refractivity contribution is 6.48. The topological polar surface area (TPSA) is 9.23 Å². The molecule has 2 heteroatoms. The van der Waals surface area contributed by atoms with Gasteiger partial charge in [0.25, 0.3) is 0 Å². The van der Waals surface area contributed by atoms with Crippen molar-refractivity contribution >= 4 is 9.04 Å². The Morgan fingerprint density at radius 1 is 1.50 bits per heavy atom. The number of hydrogen-bond acceptors (Lipinski definition) is 1. The van der Waals surface area contributed by atoms with Gasteiger partial charge in [0.15, 0.2) is 9.04 Å². The molecule has 0 amide bonds. The first-order valence-electron chi connectivity index (χ1n) is 4.91. The van der Waals surface area contributed by atoms with Crippen LogP contribution >= 0.6 is 0 Å². The minimum absolute atomic E-state index is 0.499. The zero-order valence-corrected chi connectivity index (χ0v) is 9.46. The fraction of sp³-hybridized carbons (Fsp3) is 0.800. The molecule has 1 nitrogen and oxygen atoms in total. The third-order valence-corrected chi connectivity index (χ3v) is 3.55. The summed E-state index contributed by atoms with van der Waals surface area (Å²) in [6, 6.07) is 0. The lowest BCUT2D eigenvalue weighted by molar-refractivity contribution is 0.0605. The summed E-state index contributed by atoms with van der Waals surface area (Å²) in [5.74, 6) is 0. The molecule has 0 radical (unpaired) electrons. The van der Waals surface area contributed by atoms with Gasteiger partial charge < -0.3 is 4.43 Å². The number of rotatable bonds is 5. The summed E-state index contributed by atoms with van der Waals surface area (Å²) in [7, 11) is -0.810. The Bertz CT molecular complexity index is 150. The monoisotopic (exact) mass is 184 g/mol. The van der Waals surface area contributed by atoms with E-state index in [0.717, 1.165) is 13.0 Å². The van der Waals surface area contributed by atoms with Crippen molar-refractivity contribution in [2.24, 2.45) is 5.41 Å². The zero-order valence-electron chi connectivity index (χ0n) is 8.31. The number of allylic oxidation sites excluding steroid dienone is 1. The summed E-state index contributed by atoms with van der Waals surface area (Å²) in [5.41, 5.74) is 0.499. The van der Waals surface area contributed by atoms with Crippen LogP contribution in [0, 0.1) is 5.41 Å². The summed E-state index contributed by atoms with van der Waals surface area (Å²) in [6.07, 6.45) is 7.27. The predicted molar refractivity (Wildman–Crippen MR) is 55.9 cm³/mol. The normalized spacial score (nSPS) is 20.6. The molecular weight excluding hydrogens is 164 g/mol. The van der Waals surface area contributed by atoms with Gasteiger partial charge in [-0.1, -0.05) is 12.5 Å². The molecule has 0 bridgehead atoms. The van der Waals surface area contributed by atoms with Crippen LogP contribution < -0.4 is 0 Å². The lowest BCUT2D eigenvalue weighted by Crippen LogP contribution is -2.35. The average Bonchev–Trinajstić information content (AvgIpc) is 1.94. The van der Waals surface area contributed by atoms with Crippen LogP contribution in [0.15, 0.2) is 12.7 Å². The van der Waals surface area contributed by atoms with E-state index in [2.05, 4.69) is 19.7 Å². The Balaban J connectivity index is 2.29. The second kappa shape index (κ2) is 4.24. The summed E-state index contributed by atoms with van der Waals surface area (Å²) in [4.78, 5) is 0. The van der Waals surface area contributed by atoms with E-state index < -0.39 is 9.04 Å². The smallest absolute Gasteiger partial charge is 0.170 e. The molecule has 12 heavy (non-hydrogen) atoms. The molecule has 0 aliphatic heterocycles. The minimum Gasteiger partial charge on any atom is -0.420 e. The van der Waals surface area contributed by atoms with Gasteiger partial charge in [-0.3, -0.25) is 0 Å². The van der Waals surface area contributed by atoms with Crippen molar-refractivity contribution in [1.29, 1.82) is 0 Å². The van der Waals surface area contributed by atoms with Gasteiger partial charge >= 0.3 is 0 Å². The second-order valence-electron chi connectivity index (χ2n) is 4.21. The van der Waals surface area contributed by atoms with Gasteiger partial charge in [-0.25, -0.2) is 0 Å². The van der Waals surface area contributed by atoms with Crippen LogP contribution in [0.3, 0.4) is 0 Å². The van der Waals surface area contributed by atoms with Crippen LogP contribution in [-0.2, 0) is 4.43 Å². The Kier molecular flexibility index (Phi) is 3.53. The van der Waals surface area contributed by atoms with Crippen molar-refractivity contribution in [3.8, 4) is 0 Å². The highest BCUT2D eigenvalue weighted by Crippen LogP contribution is 2.44. The Morgan fingerprint density at radius 3 is 2.50 bits per heavy atom. The van der Waals surface area contributed by atoms with Gasteiger partial charge in [0.2, 0.25) is 0 Å². The second-order valence-corrected chi connectivity index (χ2v) is 6.64. The largest absolute Gasteiger partial charge is 0.420 e. The fourth-order valence-corrected chi connectivity index (χ4v) is 2.42. The van der Waals surface area contributed by atoms with Crippen molar-refractivity contribution < 1.29 is 4.43 Å². The van der Waals surface area contributed by atoms with Crippen LogP contribution in [0.2, 0.25) is 13.1 Å². The van der Waals surface area contributed by atoms with E-state index in [1.807, 2.05) is 6.08 Å². The van der Waals surface area contributed by atoms with Gasteiger partial charge in [-0.2, -0.15) is 0 Å². The molecule has 0 heterocycles. The summed E-state index contributed by atoms with van der Waals surface area (Å²) < 4.78 is 5.79. The Labute approximate surface area is 77.5 Å². The molecule has 1 rings (SSSR count). The van der Waals surface area contributed by atoms with Gasteiger partial charge in [-0.05, 0) is 37.8 Å². The predicted octanol–water partition coefficient (Wildman–Crippen LogP) is 2.73. The van der Waals surface area contributed by atoms with Crippen LogP contribution in [0.4, 0.5) is 0 Å². The molecule has 0 aromatic carbocycles. The first-order chi connectivity index (χ1) is 5.68. The molecule has 1 aliphatic carbocycles. The van der Waals surface area contributed by atoms with Gasteiger partial charge in [0, 0.05) is 6.61 Å². The van der Waals surface area contributed by atoms with Crippen molar-refractivity contribution in [2.45, 2.75) is 38.8 Å². The highest BCUT2D eigenvalue weighted by Gasteiger charge is 2.35.